The van der Waals surface area contributed by atoms with E-state index >= 15 is 0 Å². The molecule has 0 aliphatic rings. The molecule has 0 bridgehead atoms. The SMILES string of the molecule is CC(C)Oc1ccc(N(C)c2ncc(C(F)(F)F)c(OC(C)C)n2)cc1. The van der Waals surface area contributed by atoms with Crippen molar-refractivity contribution >= 4 is 11.6 Å². The zero-order chi connectivity index (χ0) is 19.5. The smallest absolute Gasteiger partial charge is 0.423 e. The summed E-state index contributed by atoms with van der Waals surface area (Å²) in [7, 11) is 1.67. The topological polar surface area (TPSA) is 47.5 Å². The molecule has 2 rings (SSSR count). The van der Waals surface area contributed by atoms with E-state index in [2.05, 4.69) is 9.97 Å². The van der Waals surface area contributed by atoms with Gasteiger partial charge >= 0.3 is 6.18 Å². The van der Waals surface area contributed by atoms with Gasteiger partial charge in [-0.2, -0.15) is 18.2 Å². The first kappa shape index (κ1) is 19.8. The molecular formula is C18H22F3N3O2. The minimum absolute atomic E-state index is 0.0487. The average Bonchev–Trinajstić information content (AvgIpc) is 2.52. The first-order valence-corrected chi connectivity index (χ1v) is 8.19. The van der Waals surface area contributed by atoms with Crippen molar-refractivity contribution in [3.8, 4) is 11.6 Å². The number of nitrogens with zero attached hydrogens (tertiary/aromatic N) is 3. The first-order chi connectivity index (χ1) is 12.1. The number of rotatable bonds is 6. The number of ether oxygens (including phenoxy) is 2. The van der Waals surface area contributed by atoms with Gasteiger partial charge in [0.05, 0.1) is 12.2 Å². The van der Waals surface area contributed by atoms with Crippen molar-refractivity contribution < 1.29 is 22.6 Å². The fraction of sp³-hybridized carbons (Fsp3) is 0.444. The van der Waals surface area contributed by atoms with Crippen LogP contribution in [-0.4, -0.2) is 29.2 Å². The first-order valence-electron chi connectivity index (χ1n) is 8.19. The van der Waals surface area contributed by atoms with Crippen molar-refractivity contribution in [1.29, 1.82) is 0 Å². The Kier molecular flexibility index (Phi) is 5.94. The highest BCUT2D eigenvalue weighted by atomic mass is 19.4. The number of aromatic nitrogens is 2. The molecule has 142 valence electrons. The van der Waals surface area contributed by atoms with Crippen molar-refractivity contribution in [1.82, 2.24) is 9.97 Å². The summed E-state index contributed by atoms with van der Waals surface area (Å²) in [5.74, 6) is 0.324. The van der Waals surface area contributed by atoms with Gasteiger partial charge in [0.2, 0.25) is 11.8 Å². The Bertz CT molecular complexity index is 731. The summed E-state index contributed by atoms with van der Waals surface area (Å²) < 4.78 is 50.2. The van der Waals surface area contributed by atoms with Gasteiger partial charge < -0.3 is 14.4 Å². The van der Waals surface area contributed by atoms with Crippen molar-refractivity contribution in [3.05, 3.63) is 36.0 Å². The summed E-state index contributed by atoms with van der Waals surface area (Å²) in [6.45, 7) is 7.12. The minimum atomic E-state index is -4.59. The molecule has 26 heavy (non-hydrogen) atoms. The van der Waals surface area contributed by atoms with Crippen LogP contribution in [0.4, 0.5) is 24.8 Å². The van der Waals surface area contributed by atoms with Crippen LogP contribution < -0.4 is 14.4 Å². The van der Waals surface area contributed by atoms with Gasteiger partial charge in [0.15, 0.2) is 0 Å². The normalized spacial score (nSPS) is 11.8. The molecule has 8 heteroatoms. The van der Waals surface area contributed by atoms with Crippen LogP contribution in [0.25, 0.3) is 0 Å². The fourth-order valence-electron chi connectivity index (χ4n) is 2.16. The average molecular weight is 369 g/mol. The second-order valence-electron chi connectivity index (χ2n) is 6.27. The van der Waals surface area contributed by atoms with Crippen LogP contribution in [0.5, 0.6) is 11.6 Å². The van der Waals surface area contributed by atoms with Crippen LogP contribution in [0.1, 0.15) is 33.3 Å². The highest BCUT2D eigenvalue weighted by molar-refractivity contribution is 5.58. The van der Waals surface area contributed by atoms with Gasteiger partial charge in [0, 0.05) is 18.9 Å². The molecule has 0 atom stereocenters. The van der Waals surface area contributed by atoms with Gasteiger partial charge in [-0.3, -0.25) is 0 Å². The van der Waals surface area contributed by atoms with E-state index in [1.807, 2.05) is 13.8 Å². The summed E-state index contributed by atoms with van der Waals surface area (Å²) >= 11 is 0. The van der Waals surface area contributed by atoms with Crippen LogP contribution in [0.2, 0.25) is 0 Å². The molecule has 1 aromatic heterocycles. The maximum atomic E-state index is 13.1. The minimum Gasteiger partial charge on any atom is -0.491 e. The van der Waals surface area contributed by atoms with E-state index in [9.17, 15) is 13.2 Å². The van der Waals surface area contributed by atoms with Crippen molar-refractivity contribution in [2.24, 2.45) is 0 Å². The van der Waals surface area contributed by atoms with Crippen molar-refractivity contribution in [2.45, 2.75) is 46.1 Å². The van der Waals surface area contributed by atoms with Crippen molar-refractivity contribution in [3.63, 3.8) is 0 Å². The number of alkyl halides is 3. The molecule has 1 aromatic carbocycles. The van der Waals surface area contributed by atoms with Gasteiger partial charge in [-0.25, -0.2) is 4.98 Å². The van der Waals surface area contributed by atoms with E-state index in [1.54, 1.807) is 50.1 Å². The number of anilines is 2. The lowest BCUT2D eigenvalue weighted by molar-refractivity contribution is -0.139. The van der Waals surface area contributed by atoms with Gasteiger partial charge in [-0.1, -0.05) is 0 Å². The van der Waals surface area contributed by atoms with Crippen LogP contribution in [0, 0.1) is 0 Å². The third kappa shape index (κ3) is 5.00. The Labute approximate surface area is 150 Å². The van der Waals surface area contributed by atoms with E-state index in [1.165, 1.54) is 0 Å². The predicted octanol–water partition coefficient (Wildman–Crippen LogP) is 4.84. The summed E-state index contributed by atoms with van der Waals surface area (Å²) in [6, 6.07) is 7.12. The predicted molar refractivity (Wildman–Crippen MR) is 93.1 cm³/mol. The highest BCUT2D eigenvalue weighted by Gasteiger charge is 2.36. The van der Waals surface area contributed by atoms with E-state index < -0.39 is 23.7 Å². The number of hydrogen-bond acceptors (Lipinski definition) is 5. The largest absolute Gasteiger partial charge is 0.491 e. The maximum Gasteiger partial charge on any atom is 0.423 e. The Morgan fingerprint density at radius 2 is 1.54 bits per heavy atom. The van der Waals surface area contributed by atoms with Crippen LogP contribution in [0.15, 0.2) is 30.5 Å². The van der Waals surface area contributed by atoms with E-state index in [-0.39, 0.29) is 12.1 Å². The summed E-state index contributed by atoms with van der Waals surface area (Å²) in [5, 5.41) is 0. The third-order valence-electron chi connectivity index (χ3n) is 3.29. The number of benzene rings is 1. The molecule has 0 radical (unpaired) electrons. The molecular weight excluding hydrogens is 347 g/mol. The lowest BCUT2D eigenvalue weighted by Crippen LogP contribution is -2.19. The van der Waals surface area contributed by atoms with Crippen LogP contribution >= 0.6 is 0 Å². The van der Waals surface area contributed by atoms with Crippen LogP contribution in [-0.2, 0) is 6.18 Å². The molecule has 1 heterocycles. The Morgan fingerprint density at radius 1 is 0.962 bits per heavy atom. The zero-order valence-electron chi connectivity index (χ0n) is 15.3. The monoisotopic (exact) mass is 369 g/mol. The molecule has 0 aliphatic heterocycles. The van der Waals surface area contributed by atoms with Crippen molar-refractivity contribution in [2.75, 3.05) is 11.9 Å². The molecule has 5 nitrogen and oxygen atoms in total. The highest BCUT2D eigenvalue weighted by Crippen LogP contribution is 2.36. The number of halogens is 3. The Morgan fingerprint density at radius 3 is 2.04 bits per heavy atom. The molecule has 0 spiro atoms. The third-order valence-corrected chi connectivity index (χ3v) is 3.29. The molecule has 0 amide bonds. The summed E-state index contributed by atoms with van der Waals surface area (Å²) in [5.41, 5.74) is -0.291. The van der Waals surface area contributed by atoms with E-state index in [0.29, 0.717) is 11.4 Å². The molecule has 0 fully saturated rings. The van der Waals surface area contributed by atoms with Gasteiger partial charge in [-0.15, -0.1) is 0 Å². The quantitative estimate of drug-likeness (QED) is 0.729. The van der Waals surface area contributed by atoms with E-state index in [0.717, 1.165) is 6.20 Å². The molecule has 2 aromatic rings. The fourth-order valence-corrected chi connectivity index (χ4v) is 2.16. The maximum absolute atomic E-state index is 13.1. The van der Waals surface area contributed by atoms with E-state index in [4.69, 9.17) is 9.47 Å². The molecule has 0 saturated heterocycles. The van der Waals surface area contributed by atoms with Gasteiger partial charge in [0.1, 0.15) is 11.3 Å². The molecule has 0 aliphatic carbocycles. The lowest BCUT2D eigenvalue weighted by atomic mass is 10.3. The molecule has 0 N–H and O–H groups in total. The summed E-state index contributed by atoms with van der Waals surface area (Å²) in [6.07, 6.45) is -4.24. The summed E-state index contributed by atoms with van der Waals surface area (Å²) in [4.78, 5) is 9.39. The molecule has 0 saturated carbocycles. The number of hydrogen-bond donors (Lipinski definition) is 0. The second-order valence-corrected chi connectivity index (χ2v) is 6.27. The van der Waals surface area contributed by atoms with Gasteiger partial charge in [0.25, 0.3) is 0 Å². The lowest BCUT2D eigenvalue weighted by Gasteiger charge is -2.21. The van der Waals surface area contributed by atoms with Gasteiger partial charge in [-0.05, 0) is 52.0 Å². The Hall–Kier alpha value is -2.51. The zero-order valence-corrected chi connectivity index (χ0v) is 15.3. The standard InChI is InChI=1S/C18H22F3N3O2/c1-11(2)25-14-8-6-13(7-9-14)24(5)17-22-10-15(18(19,20)21)16(23-17)26-12(3)4/h6-12H,1-5H3. The van der Waals surface area contributed by atoms with Crippen LogP contribution in [0.3, 0.4) is 0 Å². The Balaban J connectivity index is 2.32. The molecule has 0 unspecified atom stereocenters. The second kappa shape index (κ2) is 7.80.